The number of aryl methyl sites for hydroxylation is 2. The second kappa shape index (κ2) is 8.19. The first-order chi connectivity index (χ1) is 13.3. The number of hydrogen-bond acceptors (Lipinski definition) is 4. The summed E-state index contributed by atoms with van der Waals surface area (Å²) in [6, 6.07) is 5.37. The van der Waals surface area contributed by atoms with E-state index in [0.717, 1.165) is 0 Å². The van der Waals surface area contributed by atoms with Gasteiger partial charge in [-0.05, 0) is 49.9 Å². The number of carbonyl (C=O) groups is 2. The van der Waals surface area contributed by atoms with Gasteiger partial charge in [0, 0.05) is 11.1 Å². The summed E-state index contributed by atoms with van der Waals surface area (Å²) in [5.41, 5.74) is 0.985. The number of ether oxygens (including phenoxy) is 1. The summed E-state index contributed by atoms with van der Waals surface area (Å²) in [7, 11) is 1.30. The Balaban J connectivity index is 1.76. The molecule has 5 nitrogen and oxygen atoms in total. The fourth-order valence-corrected chi connectivity index (χ4v) is 3.88. The van der Waals surface area contributed by atoms with Gasteiger partial charge in [-0.25, -0.2) is 4.39 Å². The van der Waals surface area contributed by atoms with Crippen LogP contribution in [0.3, 0.4) is 0 Å². The van der Waals surface area contributed by atoms with Crippen molar-refractivity contribution in [2.24, 2.45) is 5.92 Å². The van der Waals surface area contributed by atoms with Gasteiger partial charge in [0.2, 0.25) is 0 Å². The topological polar surface area (TPSA) is 68.5 Å². The molecule has 3 unspecified atom stereocenters. The number of nitrogens with one attached hydrogen (secondary N) is 1. The molecule has 7 heteroatoms. The average Bonchev–Trinajstić information content (AvgIpc) is 3.22. The van der Waals surface area contributed by atoms with Gasteiger partial charge in [0.05, 0.1) is 18.6 Å². The molecule has 0 saturated heterocycles. The highest BCUT2D eigenvalue weighted by atomic mass is 35.5. The Morgan fingerprint density at radius 1 is 1.29 bits per heavy atom. The van der Waals surface area contributed by atoms with Gasteiger partial charge in [0.1, 0.15) is 17.3 Å². The van der Waals surface area contributed by atoms with E-state index in [9.17, 15) is 14.0 Å². The van der Waals surface area contributed by atoms with Gasteiger partial charge in [-0.1, -0.05) is 29.8 Å². The van der Waals surface area contributed by atoms with Crippen molar-refractivity contribution >= 4 is 23.5 Å². The number of hydrogen-bond donors (Lipinski definition) is 1. The van der Waals surface area contributed by atoms with Gasteiger partial charge in [-0.2, -0.15) is 0 Å². The second-order valence-corrected chi connectivity index (χ2v) is 7.27. The maximum Gasteiger partial charge on any atom is 0.313 e. The molecule has 1 aromatic heterocycles. The SMILES string of the molecule is COC(=O)C(c1ccc(F)cc1Cl)C1C=CC(NC(=O)c2cc(C)oc2C)C1. The quantitative estimate of drug-likeness (QED) is 0.594. The molecule has 1 aliphatic carbocycles. The van der Waals surface area contributed by atoms with Crippen LogP contribution in [0.5, 0.6) is 0 Å². The number of allylic oxidation sites excluding steroid dienone is 1. The minimum absolute atomic E-state index is 0.167. The number of rotatable bonds is 5. The smallest absolute Gasteiger partial charge is 0.313 e. The van der Waals surface area contributed by atoms with Gasteiger partial charge in [-0.3, -0.25) is 9.59 Å². The fourth-order valence-electron chi connectivity index (χ4n) is 3.60. The van der Waals surface area contributed by atoms with Crippen LogP contribution in [0.25, 0.3) is 0 Å². The van der Waals surface area contributed by atoms with Crippen molar-refractivity contribution in [2.75, 3.05) is 7.11 Å². The van der Waals surface area contributed by atoms with Crippen molar-refractivity contribution in [3.05, 3.63) is 69.9 Å². The van der Waals surface area contributed by atoms with Gasteiger partial charge >= 0.3 is 5.97 Å². The van der Waals surface area contributed by atoms with E-state index >= 15 is 0 Å². The summed E-state index contributed by atoms with van der Waals surface area (Å²) in [6.07, 6.45) is 4.20. The van der Waals surface area contributed by atoms with Gasteiger partial charge in [0.25, 0.3) is 5.91 Å². The van der Waals surface area contributed by atoms with Crippen LogP contribution in [0.2, 0.25) is 5.02 Å². The molecule has 3 atom stereocenters. The summed E-state index contributed by atoms with van der Waals surface area (Å²) in [6.45, 7) is 3.52. The Labute approximate surface area is 167 Å². The monoisotopic (exact) mass is 405 g/mol. The summed E-state index contributed by atoms with van der Waals surface area (Å²) in [4.78, 5) is 24.9. The molecule has 2 aromatic rings. The van der Waals surface area contributed by atoms with E-state index in [1.165, 1.54) is 25.3 Å². The van der Waals surface area contributed by atoms with E-state index in [4.69, 9.17) is 20.8 Å². The molecule has 0 saturated carbocycles. The molecule has 0 fully saturated rings. The molecule has 1 N–H and O–H groups in total. The molecule has 0 radical (unpaired) electrons. The lowest BCUT2D eigenvalue weighted by Crippen LogP contribution is -2.34. The van der Waals surface area contributed by atoms with Crippen LogP contribution in [0, 0.1) is 25.6 Å². The maximum atomic E-state index is 13.4. The van der Waals surface area contributed by atoms with E-state index in [0.29, 0.717) is 29.1 Å². The molecule has 1 amide bonds. The molecule has 0 bridgehead atoms. The highest BCUT2D eigenvalue weighted by Gasteiger charge is 2.35. The van der Waals surface area contributed by atoms with E-state index < -0.39 is 17.7 Å². The normalized spacial score (nSPS) is 19.5. The molecule has 0 spiro atoms. The molecule has 3 rings (SSSR count). The fraction of sp³-hybridized carbons (Fsp3) is 0.333. The van der Waals surface area contributed by atoms with Crippen LogP contribution in [0.1, 0.15) is 39.8 Å². The predicted octanol–water partition coefficient (Wildman–Crippen LogP) is 4.32. The van der Waals surface area contributed by atoms with Crippen LogP contribution in [0.15, 0.2) is 40.8 Å². The van der Waals surface area contributed by atoms with Crippen LogP contribution < -0.4 is 5.32 Å². The van der Waals surface area contributed by atoms with E-state index in [-0.39, 0.29) is 22.9 Å². The first kappa shape index (κ1) is 20.1. The lowest BCUT2D eigenvalue weighted by atomic mass is 9.85. The van der Waals surface area contributed by atoms with Gasteiger partial charge in [-0.15, -0.1) is 0 Å². The van der Waals surface area contributed by atoms with Crippen molar-refractivity contribution in [1.29, 1.82) is 0 Å². The molecule has 1 aromatic carbocycles. The van der Waals surface area contributed by atoms with E-state index in [1.54, 1.807) is 19.9 Å². The lowest BCUT2D eigenvalue weighted by molar-refractivity contribution is -0.143. The number of furan rings is 1. The third-order valence-corrected chi connectivity index (χ3v) is 5.23. The number of methoxy groups -OCH3 is 1. The van der Waals surface area contributed by atoms with Crippen LogP contribution in [-0.2, 0) is 9.53 Å². The van der Waals surface area contributed by atoms with E-state index in [2.05, 4.69) is 5.32 Å². The zero-order valence-corrected chi connectivity index (χ0v) is 16.5. The zero-order valence-electron chi connectivity index (χ0n) is 15.8. The molecule has 1 aliphatic rings. The van der Waals surface area contributed by atoms with Crippen molar-refractivity contribution in [3.8, 4) is 0 Å². The minimum atomic E-state index is -0.686. The number of esters is 1. The highest BCUT2D eigenvalue weighted by Crippen LogP contribution is 2.37. The first-order valence-corrected chi connectivity index (χ1v) is 9.27. The van der Waals surface area contributed by atoms with Crippen molar-refractivity contribution in [3.63, 3.8) is 0 Å². The Morgan fingerprint density at radius 3 is 2.64 bits per heavy atom. The maximum absolute atomic E-state index is 13.4. The second-order valence-electron chi connectivity index (χ2n) is 6.86. The minimum Gasteiger partial charge on any atom is -0.469 e. The van der Waals surface area contributed by atoms with Crippen molar-refractivity contribution < 1.29 is 23.1 Å². The van der Waals surface area contributed by atoms with Crippen molar-refractivity contribution in [1.82, 2.24) is 5.32 Å². The zero-order chi connectivity index (χ0) is 20.4. The average molecular weight is 406 g/mol. The largest absolute Gasteiger partial charge is 0.469 e. The van der Waals surface area contributed by atoms with E-state index in [1.807, 2.05) is 12.2 Å². The summed E-state index contributed by atoms with van der Waals surface area (Å²) in [5, 5.41) is 3.10. The van der Waals surface area contributed by atoms with Crippen LogP contribution in [0.4, 0.5) is 4.39 Å². The lowest BCUT2D eigenvalue weighted by Gasteiger charge is -2.23. The molecule has 148 valence electrons. The Bertz CT molecular complexity index is 936. The summed E-state index contributed by atoms with van der Waals surface area (Å²) >= 11 is 6.17. The standard InChI is InChI=1S/C21H21ClFNO4/c1-11-8-17(12(2)28-11)20(25)24-15-6-4-13(9-15)19(21(26)27-3)16-7-5-14(23)10-18(16)22/h4-8,10,13,15,19H,9H2,1-3H3,(H,24,25). The Kier molecular flexibility index (Phi) is 5.89. The predicted molar refractivity (Wildman–Crippen MR) is 103 cm³/mol. The first-order valence-electron chi connectivity index (χ1n) is 8.89. The molecular weight excluding hydrogens is 385 g/mol. The third-order valence-electron chi connectivity index (χ3n) is 4.90. The molecular formula is C21H21ClFNO4. The highest BCUT2D eigenvalue weighted by molar-refractivity contribution is 6.31. The van der Waals surface area contributed by atoms with Crippen LogP contribution in [-0.4, -0.2) is 25.0 Å². The van der Waals surface area contributed by atoms with Gasteiger partial charge < -0.3 is 14.5 Å². The summed E-state index contributed by atoms with van der Waals surface area (Å²) in [5.74, 6) is -0.883. The van der Waals surface area contributed by atoms with Gasteiger partial charge in [0.15, 0.2) is 0 Å². The Morgan fingerprint density at radius 2 is 2.04 bits per heavy atom. The summed E-state index contributed by atoms with van der Waals surface area (Å²) < 4.78 is 23.7. The molecule has 28 heavy (non-hydrogen) atoms. The number of halogens is 2. The third kappa shape index (κ3) is 4.12. The molecule has 1 heterocycles. The van der Waals surface area contributed by atoms with Crippen LogP contribution >= 0.6 is 11.6 Å². The number of amides is 1. The van der Waals surface area contributed by atoms with Crippen molar-refractivity contribution in [2.45, 2.75) is 32.2 Å². The number of benzene rings is 1. The molecule has 0 aliphatic heterocycles. The Hall–Kier alpha value is -2.60. The number of carbonyl (C=O) groups excluding carboxylic acids is 2.